The molecule has 0 saturated heterocycles. The van der Waals surface area contributed by atoms with Crippen molar-refractivity contribution in [2.75, 3.05) is 27.4 Å². The zero-order valence-corrected chi connectivity index (χ0v) is 40.9. The quantitative estimate of drug-likeness (QED) is 0.0485. The summed E-state index contributed by atoms with van der Waals surface area (Å²) in [4.78, 5) is 29.4. The first-order chi connectivity index (χ1) is 30.6. The molecule has 8 rings (SSSR count). The molecule has 0 atom stereocenters. The van der Waals surface area contributed by atoms with Crippen LogP contribution < -0.4 is 20.5 Å². The molecule has 15 nitrogen and oxygen atoms in total. The zero-order chi connectivity index (χ0) is 45.8. The predicted octanol–water partition coefficient (Wildman–Crippen LogP) is 8.53. The number of fused-ring (bicyclic) bond motifs is 4. The predicted molar refractivity (Wildman–Crippen MR) is 261 cm³/mol. The normalized spacial score (nSPS) is 12.0. The highest BCUT2D eigenvalue weighted by atomic mass is 28.3. The first-order valence-electron chi connectivity index (χ1n) is 21.6. The minimum atomic E-state index is -1.19. The lowest BCUT2D eigenvalue weighted by atomic mass is 10.1. The van der Waals surface area contributed by atoms with Crippen LogP contribution in [0.2, 0.25) is 51.4 Å². The third-order valence-electron chi connectivity index (χ3n) is 11.3. The number of carbonyl (C=O) groups excluding carboxylic acids is 1. The summed E-state index contributed by atoms with van der Waals surface area (Å²) in [5.74, 6) is 1.64. The van der Waals surface area contributed by atoms with Gasteiger partial charge < -0.3 is 39.1 Å². The van der Waals surface area contributed by atoms with Gasteiger partial charge in [-0.3, -0.25) is 13.9 Å². The maximum Gasteiger partial charge on any atom is 0.207 e. The zero-order valence-electron chi connectivity index (χ0n) is 38.9. The van der Waals surface area contributed by atoms with Crippen molar-refractivity contribution in [2.45, 2.75) is 77.9 Å². The second-order valence-electron chi connectivity index (χ2n) is 18.5. The maximum absolute atomic E-state index is 10.7. The van der Waals surface area contributed by atoms with Crippen molar-refractivity contribution < 1.29 is 23.7 Å². The number of carbonyl (C=O) groups is 1. The van der Waals surface area contributed by atoms with E-state index in [1.165, 1.54) is 0 Å². The van der Waals surface area contributed by atoms with E-state index >= 15 is 0 Å². The first kappa shape index (κ1) is 46.1. The summed E-state index contributed by atoms with van der Waals surface area (Å²) in [6.07, 6.45) is 8.37. The van der Waals surface area contributed by atoms with Crippen molar-refractivity contribution in [1.29, 1.82) is 0 Å². The fourth-order valence-corrected chi connectivity index (χ4v) is 9.15. The Kier molecular flexibility index (Phi) is 14.1. The summed E-state index contributed by atoms with van der Waals surface area (Å²) in [6.45, 7) is 17.1. The van der Waals surface area contributed by atoms with E-state index in [0.29, 0.717) is 45.3 Å². The summed E-state index contributed by atoms with van der Waals surface area (Å²) in [7, 11) is 5.11. The summed E-state index contributed by atoms with van der Waals surface area (Å²) < 4.78 is 31.6. The number of aromatic nitrogens is 8. The Hall–Kier alpha value is -5.86. The number of hydrogen-bond acceptors (Lipinski definition) is 10. The molecule has 3 N–H and O–H groups in total. The van der Waals surface area contributed by atoms with Gasteiger partial charge in [-0.05, 0) is 60.6 Å². The SMILES string of the molecule is COc1ccc2c(c1)c(-c1cc3nc(CN)cnc3n1COCC[Si](C)(C)C)cn2C.COc1ccc2c(c1)c(-c1cc3nc(CNC=O)cnc3n1COCC[Si](C)(C)C)cn2C. The molecule has 8 aromatic rings. The minimum Gasteiger partial charge on any atom is -0.497 e. The first-order valence-corrected chi connectivity index (χ1v) is 29.0. The van der Waals surface area contributed by atoms with Crippen molar-refractivity contribution in [1.82, 2.24) is 43.5 Å². The van der Waals surface area contributed by atoms with Crippen LogP contribution in [0.25, 0.3) is 66.6 Å². The summed E-state index contributed by atoms with van der Waals surface area (Å²) in [6, 6.07) is 18.6. The van der Waals surface area contributed by atoms with Crippen LogP contribution in [-0.2, 0) is 54.9 Å². The summed E-state index contributed by atoms with van der Waals surface area (Å²) in [5.41, 5.74) is 16.8. The fraction of sp³-hybridized carbons (Fsp3) is 0.383. The van der Waals surface area contributed by atoms with Crippen molar-refractivity contribution in [3.8, 4) is 34.0 Å². The van der Waals surface area contributed by atoms with Crippen LogP contribution in [0.5, 0.6) is 11.5 Å². The van der Waals surface area contributed by atoms with Gasteiger partial charge in [-0.2, -0.15) is 0 Å². The monoisotopic (exact) mass is 902 g/mol. The molecule has 6 heterocycles. The second kappa shape index (κ2) is 19.5. The lowest BCUT2D eigenvalue weighted by Crippen LogP contribution is -2.22. The number of hydrogen-bond donors (Lipinski definition) is 2. The molecule has 0 saturated carbocycles. The Morgan fingerprint density at radius 2 is 1.12 bits per heavy atom. The van der Waals surface area contributed by atoms with Gasteiger partial charge >= 0.3 is 0 Å². The molecule has 0 aliphatic heterocycles. The Labute approximate surface area is 376 Å². The molecule has 0 bridgehead atoms. The van der Waals surface area contributed by atoms with Crippen molar-refractivity contribution >= 4 is 66.7 Å². The van der Waals surface area contributed by atoms with Crippen LogP contribution in [0.15, 0.2) is 73.3 Å². The maximum atomic E-state index is 10.7. The molecule has 0 unspecified atom stereocenters. The number of nitrogens with one attached hydrogen (secondary N) is 1. The van der Waals surface area contributed by atoms with Gasteiger partial charge in [0.05, 0.1) is 55.9 Å². The number of rotatable bonds is 18. The number of methoxy groups -OCH3 is 2. The Bertz CT molecular complexity index is 2900. The molecule has 0 aliphatic carbocycles. The molecule has 6 aromatic heterocycles. The number of ether oxygens (including phenoxy) is 4. The summed E-state index contributed by atoms with van der Waals surface area (Å²) >= 11 is 0. The van der Waals surface area contributed by atoms with E-state index in [1.807, 2.05) is 25.2 Å². The third-order valence-corrected chi connectivity index (χ3v) is 14.7. The lowest BCUT2D eigenvalue weighted by Gasteiger charge is -2.16. The van der Waals surface area contributed by atoms with Crippen LogP contribution in [0.1, 0.15) is 11.4 Å². The average Bonchev–Trinajstić information content (AvgIpc) is 4.01. The molecule has 2 aromatic carbocycles. The average molecular weight is 903 g/mol. The molecule has 0 aliphatic rings. The van der Waals surface area contributed by atoms with Gasteiger partial charge in [-0.1, -0.05) is 39.3 Å². The molecule has 0 radical (unpaired) electrons. The number of nitrogens with two attached hydrogens (primary N) is 1. The fourth-order valence-electron chi connectivity index (χ4n) is 7.63. The highest BCUT2D eigenvalue weighted by Crippen LogP contribution is 2.37. The van der Waals surface area contributed by atoms with E-state index in [1.54, 1.807) is 26.6 Å². The van der Waals surface area contributed by atoms with E-state index < -0.39 is 16.1 Å². The van der Waals surface area contributed by atoms with Crippen LogP contribution in [0.4, 0.5) is 0 Å². The van der Waals surface area contributed by atoms with Crippen LogP contribution >= 0.6 is 0 Å². The third kappa shape index (κ3) is 10.4. The Morgan fingerprint density at radius 1 is 0.672 bits per heavy atom. The van der Waals surface area contributed by atoms with Gasteiger partial charge in [0.15, 0.2) is 11.3 Å². The number of aryl methyl sites for hydroxylation is 2. The summed E-state index contributed by atoms with van der Waals surface area (Å²) in [5, 5.41) is 4.86. The van der Waals surface area contributed by atoms with E-state index in [2.05, 4.69) is 123 Å². The number of nitrogens with zero attached hydrogens (tertiary/aromatic N) is 8. The molecule has 64 heavy (non-hydrogen) atoms. The van der Waals surface area contributed by atoms with Crippen molar-refractivity contribution in [3.05, 3.63) is 84.7 Å². The van der Waals surface area contributed by atoms with Crippen molar-refractivity contribution in [3.63, 3.8) is 0 Å². The molecule has 338 valence electrons. The standard InChI is InChI=1S/C24H31N5O3Si.C23H31N5O2Si/c1-28-14-20(19-10-18(31-2)6-7-22(19)28)23-11-21-24(26-13-17(27-21)12-25-15-30)29(23)16-32-8-9-33(3,4)5;1-27-14-19(18-10-17(29-2)6-7-21(18)27)22-11-20-23(25-13-16(12-24)26-20)28(22)15-30-8-9-31(3,4)5/h6-7,10-11,13-15H,8-9,12,16H2,1-5H3,(H,25,30);6-7,10-11,13-14H,8-9,12,15,24H2,1-5H3. The van der Waals surface area contributed by atoms with Gasteiger partial charge in [-0.25, -0.2) is 19.9 Å². The molecular formula is C47H62N10O5Si2. The van der Waals surface area contributed by atoms with Gasteiger partial charge in [0.1, 0.15) is 36.0 Å². The van der Waals surface area contributed by atoms with E-state index in [0.717, 1.165) is 103 Å². The molecule has 0 spiro atoms. The van der Waals surface area contributed by atoms with Crippen LogP contribution in [0, 0.1) is 0 Å². The van der Waals surface area contributed by atoms with Gasteiger partial charge in [0.25, 0.3) is 0 Å². The highest BCUT2D eigenvalue weighted by Gasteiger charge is 2.21. The minimum absolute atomic E-state index is 0.338. The van der Waals surface area contributed by atoms with Crippen molar-refractivity contribution in [2.24, 2.45) is 19.8 Å². The highest BCUT2D eigenvalue weighted by molar-refractivity contribution is 6.76. The largest absolute Gasteiger partial charge is 0.497 e. The molecular weight excluding hydrogens is 841 g/mol. The Balaban J connectivity index is 0.000000192. The topological polar surface area (TPSA) is 163 Å². The van der Waals surface area contributed by atoms with Crippen LogP contribution in [-0.4, -0.2) is 88.2 Å². The number of amides is 1. The molecule has 17 heteroatoms. The molecule has 1 amide bonds. The Morgan fingerprint density at radius 3 is 1.55 bits per heavy atom. The van der Waals surface area contributed by atoms with Gasteiger partial charge in [-0.15, -0.1) is 0 Å². The van der Waals surface area contributed by atoms with E-state index in [-0.39, 0.29) is 0 Å². The molecule has 0 fully saturated rings. The van der Waals surface area contributed by atoms with E-state index in [9.17, 15) is 4.79 Å². The lowest BCUT2D eigenvalue weighted by molar-refractivity contribution is -0.109. The van der Waals surface area contributed by atoms with Gasteiger partial charge in [0, 0.05) is 95.3 Å². The second-order valence-corrected chi connectivity index (χ2v) is 29.8. The smallest absolute Gasteiger partial charge is 0.207 e. The number of benzene rings is 2. The van der Waals surface area contributed by atoms with E-state index in [4.69, 9.17) is 34.6 Å². The van der Waals surface area contributed by atoms with Gasteiger partial charge in [0.2, 0.25) is 6.41 Å². The van der Waals surface area contributed by atoms with Crippen LogP contribution in [0.3, 0.4) is 0 Å².